The standard InChI is InChI=1S/C17H23ClFN3O2/c1-2-3-9-20-17(24)21-16(23)11-22(12-7-8-12)10-13-14(18)5-4-6-15(13)19/h4-6,12H,2-3,7-11H2,1H3,(H2,20,21,23,24). The molecule has 0 heterocycles. The first-order chi connectivity index (χ1) is 11.5. The number of imide groups is 1. The van der Waals surface area contributed by atoms with E-state index in [-0.39, 0.29) is 24.9 Å². The van der Waals surface area contributed by atoms with E-state index in [2.05, 4.69) is 10.6 Å². The number of rotatable bonds is 8. The summed E-state index contributed by atoms with van der Waals surface area (Å²) in [6.45, 7) is 2.84. The van der Waals surface area contributed by atoms with Gasteiger partial charge in [0.2, 0.25) is 5.91 Å². The average molecular weight is 356 g/mol. The van der Waals surface area contributed by atoms with Crippen LogP contribution in [0.15, 0.2) is 18.2 Å². The van der Waals surface area contributed by atoms with Crippen LogP contribution in [0.5, 0.6) is 0 Å². The van der Waals surface area contributed by atoms with Crippen molar-refractivity contribution in [2.75, 3.05) is 13.1 Å². The zero-order valence-electron chi connectivity index (χ0n) is 13.8. The molecule has 24 heavy (non-hydrogen) atoms. The van der Waals surface area contributed by atoms with Gasteiger partial charge in [0, 0.05) is 29.7 Å². The summed E-state index contributed by atoms with van der Waals surface area (Å²) in [4.78, 5) is 25.5. The molecule has 7 heteroatoms. The molecule has 2 N–H and O–H groups in total. The molecule has 132 valence electrons. The van der Waals surface area contributed by atoms with Crippen molar-refractivity contribution in [1.82, 2.24) is 15.5 Å². The van der Waals surface area contributed by atoms with E-state index in [0.717, 1.165) is 25.7 Å². The van der Waals surface area contributed by atoms with Crippen LogP contribution < -0.4 is 10.6 Å². The highest BCUT2D eigenvalue weighted by molar-refractivity contribution is 6.31. The van der Waals surface area contributed by atoms with Crippen LogP contribution in [0, 0.1) is 5.82 Å². The zero-order valence-corrected chi connectivity index (χ0v) is 14.5. The number of amides is 3. The van der Waals surface area contributed by atoms with Crippen molar-refractivity contribution < 1.29 is 14.0 Å². The van der Waals surface area contributed by atoms with E-state index in [1.807, 2.05) is 11.8 Å². The Morgan fingerprint density at radius 3 is 2.75 bits per heavy atom. The number of carbonyl (C=O) groups excluding carboxylic acids is 2. The van der Waals surface area contributed by atoms with Gasteiger partial charge in [0.05, 0.1) is 6.54 Å². The molecule has 1 fully saturated rings. The molecule has 1 aromatic rings. The van der Waals surface area contributed by atoms with Crippen molar-refractivity contribution in [3.63, 3.8) is 0 Å². The number of carbonyl (C=O) groups is 2. The fourth-order valence-corrected chi connectivity index (χ4v) is 2.64. The number of nitrogens with zero attached hydrogens (tertiary/aromatic N) is 1. The van der Waals surface area contributed by atoms with Gasteiger partial charge in [0.25, 0.3) is 0 Å². The molecule has 1 saturated carbocycles. The summed E-state index contributed by atoms with van der Waals surface area (Å²) >= 11 is 6.06. The lowest BCUT2D eigenvalue weighted by atomic mass is 10.2. The Morgan fingerprint density at radius 2 is 2.12 bits per heavy atom. The molecule has 0 atom stereocenters. The molecule has 1 aliphatic rings. The highest BCUT2D eigenvalue weighted by Crippen LogP contribution is 2.30. The van der Waals surface area contributed by atoms with Crippen molar-refractivity contribution in [3.8, 4) is 0 Å². The Labute approximate surface area is 146 Å². The third kappa shape index (κ3) is 5.76. The van der Waals surface area contributed by atoms with Crippen molar-refractivity contribution in [2.45, 2.75) is 45.2 Å². The molecule has 0 aliphatic heterocycles. The summed E-state index contributed by atoms with van der Waals surface area (Å²) in [6.07, 6.45) is 3.75. The van der Waals surface area contributed by atoms with E-state index in [1.54, 1.807) is 12.1 Å². The minimum absolute atomic E-state index is 0.0382. The largest absolute Gasteiger partial charge is 0.338 e. The fraction of sp³-hybridized carbons (Fsp3) is 0.529. The van der Waals surface area contributed by atoms with Gasteiger partial charge in [-0.05, 0) is 31.4 Å². The van der Waals surface area contributed by atoms with E-state index >= 15 is 0 Å². The molecule has 0 radical (unpaired) electrons. The van der Waals surface area contributed by atoms with Crippen molar-refractivity contribution in [3.05, 3.63) is 34.6 Å². The maximum Gasteiger partial charge on any atom is 0.321 e. The van der Waals surface area contributed by atoms with Crippen molar-refractivity contribution in [1.29, 1.82) is 0 Å². The topological polar surface area (TPSA) is 61.4 Å². The quantitative estimate of drug-likeness (QED) is 0.704. The van der Waals surface area contributed by atoms with Crippen LogP contribution >= 0.6 is 11.6 Å². The Hall–Kier alpha value is -1.66. The molecular weight excluding hydrogens is 333 g/mol. The molecule has 0 saturated heterocycles. The van der Waals surface area contributed by atoms with Crippen LogP contribution in [0.4, 0.5) is 9.18 Å². The van der Waals surface area contributed by atoms with E-state index in [4.69, 9.17) is 11.6 Å². The number of hydrogen-bond donors (Lipinski definition) is 2. The first kappa shape index (κ1) is 18.7. The predicted molar refractivity (Wildman–Crippen MR) is 91.3 cm³/mol. The van der Waals surface area contributed by atoms with Gasteiger partial charge in [0.15, 0.2) is 0 Å². The molecule has 1 aliphatic carbocycles. The number of nitrogens with one attached hydrogen (secondary N) is 2. The number of halogens is 2. The summed E-state index contributed by atoms with van der Waals surface area (Å²) in [5.41, 5.74) is 0.381. The second-order valence-corrected chi connectivity index (χ2v) is 6.40. The Kier molecular flexibility index (Phi) is 6.99. The van der Waals surface area contributed by atoms with Crippen LogP contribution in [0.3, 0.4) is 0 Å². The first-order valence-electron chi connectivity index (χ1n) is 8.26. The fourth-order valence-electron chi connectivity index (χ4n) is 2.41. The summed E-state index contributed by atoms with van der Waals surface area (Å²) in [7, 11) is 0. The molecule has 1 aromatic carbocycles. The van der Waals surface area contributed by atoms with Gasteiger partial charge in [0.1, 0.15) is 5.82 Å². The monoisotopic (exact) mass is 355 g/mol. The summed E-state index contributed by atoms with van der Waals surface area (Å²) in [5, 5.41) is 5.29. The maximum atomic E-state index is 13.9. The van der Waals surface area contributed by atoms with Gasteiger partial charge in [-0.1, -0.05) is 31.0 Å². The maximum absolute atomic E-state index is 13.9. The van der Waals surface area contributed by atoms with Gasteiger partial charge in [-0.2, -0.15) is 0 Å². The lowest BCUT2D eigenvalue weighted by Gasteiger charge is -2.22. The van der Waals surface area contributed by atoms with Gasteiger partial charge in [-0.25, -0.2) is 9.18 Å². The van der Waals surface area contributed by atoms with E-state index in [9.17, 15) is 14.0 Å². The van der Waals surface area contributed by atoms with Crippen LogP contribution in [-0.4, -0.2) is 36.0 Å². The molecular formula is C17H23ClFN3O2. The molecule has 0 unspecified atom stereocenters. The molecule has 0 spiro atoms. The van der Waals surface area contributed by atoms with Gasteiger partial charge in [-0.3, -0.25) is 15.0 Å². The average Bonchev–Trinajstić information content (AvgIpc) is 3.35. The molecule has 3 amide bonds. The van der Waals surface area contributed by atoms with Crippen LogP contribution in [0.25, 0.3) is 0 Å². The number of unbranched alkanes of at least 4 members (excludes halogenated alkanes) is 1. The molecule has 5 nitrogen and oxygen atoms in total. The van der Waals surface area contributed by atoms with E-state index < -0.39 is 11.9 Å². The Bertz CT molecular complexity index is 573. The lowest BCUT2D eigenvalue weighted by molar-refractivity contribution is -0.121. The molecule has 0 bridgehead atoms. The van der Waals surface area contributed by atoms with Crippen molar-refractivity contribution >= 4 is 23.5 Å². The normalized spacial score (nSPS) is 13.8. The third-order valence-corrected chi connectivity index (χ3v) is 4.26. The number of urea groups is 1. The molecule has 0 aromatic heterocycles. The van der Waals surface area contributed by atoms with Crippen molar-refractivity contribution in [2.24, 2.45) is 0 Å². The Balaban J connectivity index is 1.89. The minimum atomic E-state index is -0.492. The molecule has 2 rings (SSSR count). The van der Waals surface area contributed by atoms with Gasteiger partial charge in [-0.15, -0.1) is 0 Å². The minimum Gasteiger partial charge on any atom is -0.338 e. The predicted octanol–water partition coefficient (Wildman–Crippen LogP) is 3.07. The van der Waals surface area contributed by atoms with Crippen LogP contribution in [0.1, 0.15) is 38.2 Å². The highest BCUT2D eigenvalue weighted by Gasteiger charge is 2.31. The third-order valence-electron chi connectivity index (χ3n) is 3.90. The first-order valence-corrected chi connectivity index (χ1v) is 8.63. The SMILES string of the molecule is CCCCNC(=O)NC(=O)CN(Cc1c(F)cccc1Cl)C1CC1. The Morgan fingerprint density at radius 1 is 1.38 bits per heavy atom. The zero-order chi connectivity index (χ0) is 17.5. The second kappa shape index (κ2) is 8.99. The van der Waals surface area contributed by atoms with E-state index in [1.165, 1.54) is 6.07 Å². The second-order valence-electron chi connectivity index (χ2n) is 5.99. The van der Waals surface area contributed by atoms with Crippen LogP contribution in [-0.2, 0) is 11.3 Å². The van der Waals surface area contributed by atoms with Gasteiger partial charge >= 0.3 is 6.03 Å². The van der Waals surface area contributed by atoms with E-state index in [0.29, 0.717) is 17.1 Å². The highest BCUT2D eigenvalue weighted by atomic mass is 35.5. The summed E-state index contributed by atoms with van der Waals surface area (Å²) in [6, 6.07) is 4.28. The number of hydrogen-bond acceptors (Lipinski definition) is 3. The van der Waals surface area contributed by atoms with Crippen LogP contribution in [0.2, 0.25) is 5.02 Å². The van der Waals surface area contributed by atoms with Gasteiger partial charge < -0.3 is 5.32 Å². The summed E-state index contributed by atoms with van der Waals surface area (Å²) in [5.74, 6) is -0.783. The number of benzene rings is 1. The summed E-state index contributed by atoms with van der Waals surface area (Å²) < 4.78 is 13.9. The lowest BCUT2D eigenvalue weighted by Crippen LogP contribution is -2.45. The smallest absolute Gasteiger partial charge is 0.321 e.